The summed E-state index contributed by atoms with van der Waals surface area (Å²) in [6.45, 7) is 1.18. The molecule has 1 aliphatic rings. The topological polar surface area (TPSA) is 76.9 Å². The van der Waals surface area contributed by atoms with Crippen LogP contribution in [-0.2, 0) is 29.5 Å². The van der Waals surface area contributed by atoms with Gasteiger partial charge in [-0.15, -0.1) is 0 Å². The number of rotatable bonds is 4. The van der Waals surface area contributed by atoms with Crippen LogP contribution < -0.4 is 4.72 Å². The Hall–Kier alpha value is -1.73. The molecule has 3 heterocycles. The number of fused-ring (bicyclic) bond motifs is 1. The van der Waals surface area contributed by atoms with Gasteiger partial charge in [0.25, 0.3) is 0 Å². The van der Waals surface area contributed by atoms with Crippen molar-refractivity contribution in [3.63, 3.8) is 0 Å². The minimum Gasteiger partial charge on any atom is -0.335 e. The number of hydrogen-bond acceptors (Lipinski definition) is 4. The average molecular weight is 292 g/mol. The normalized spacial score (nSPS) is 15.0. The van der Waals surface area contributed by atoms with E-state index in [2.05, 4.69) is 19.3 Å². The van der Waals surface area contributed by atoms with E-state index in [4.69, 9.17) is 0 Å². The van der Waals surface area contributed by atoms with E-state index in [-0.39, 0.29) is 11.4 Å². The number of pyridine rings is 1. The van der Waals surface area contributed by atoms with Crippen LogP contribution in [0.1, 0.15) is 24.4 Å². The number of nitrogens with one attached hydrogen (secondary N) is 1. The Kier molecular flexibility index (Phi) is 3.54. The predicted octanol–water partition coefficient (Wildman–Crippen LogP) is 1.09. The molecule has 20 heavy (non-hydrogen) atoms. The van der Waals surface area contributed by atoms with E-state index in [1.54, 1.807) is 12.3 Å². The number of imidazole rings is 1. The average Bonchev–Trinajstić information content (AvgIpc) is 2.89. The van der Waals surface area contributed by atoms with Crippen molar-refractivity contribution < 1.29 is 8.42 Å². The molecule has 0 saturated heterocycles. The molecule has 3 rings (SSSR count). The summed E-state index contributed by atoms with van der Waals surface area (Å²) < 4.78 is 28.8. The fourth-order valence-electron chi connectivity index (χ4n) is 2.32. The summed E-state index contributed by atoms with van der Waals surface area (Å²) in [6.07, 6.45) is 8.08. The Morgan fingerprint density at radius 3 is 3.00 bits per heavy atom. The molecule has 0 amide bonds. The van der Waals surface area contributed by atoms with Gasteiger partial charge in [-0.1, -0.05) is 0 Å². The first kappa shape index (κ1) is 13.3. The highest BCUT2D eigenvalue weighted by atomic mass is 32.2. The number of hydrogen-bond donors (Lipinski definition) is 1. The highest BCUT2D eigenvalue weighted by Crippen LogP contribution is 2.15. The minimum atomic E-state index is -3.52. The first-order valence-corrected chi connectivity index (χ1v) is 8.08. The number of nitrogens with zero attached hydrogens (tertiary/aromatic N) is 3. The van der Waals surface area contributed by atoms with E-state index in [0.29, 0.717) is 0 Å². The summed E-state index contributed by atoms with van der Waals surface area (Å²) in [7, 11) is -3.52. The Balaban J connectivity index is 1.72. The van der Waals surface area contributed by atoms with Crippen LogP contribution in [0.15, 0.2) is 35.6 Å². The molecule has 0 atom stereocenters. The van der Waals surface area contributed by atoms with Gasteiger partial charge in [0.1, 0.15) is 10.7 Å². The van der Waals surface area contributed by atoms with Crippen molar-refractivity contribution in [3.05, 3.63) is 42.2 Å². The monoisotopic (exact) mass is 292 g/mol. The van der Waals surface area contributed by atoms with Gasteiger partial charge in [0.05, 0.1) is 12.2 Å². The molecular formula is C13H16N4O2S. The van der Waals surface area contributed by atoms with Crippen molar-refractivity contribution >= 4 is 10.0 Å². The zero-order valence-electron chi connectivity index (χ0n) is 11.0. The zero-order chi connectivity index (χ0) is 14.0. The first-order chi connectivity index (χ1) is 9.65. The quantitative estimate of drug-likeness (QED) is 0.915. The van der Waals surface area contributed by atoms with Crippen LogP contribution in [-0.4, -0.2) is 23.0 Å². The highest BCUT2D eigenvalue weighted by molar-refractivity contribution is 7.89. The molecule has 2 aromatic heterocycles. The van der Waals surface area contributed by atoms with Crippen molar-refractivity contribution in [2.24, 2.45) is 0 Å². The third kappa shape index (κ3) is 2.73. The smallest absolute Gasteiger partial charge is 0.242 e. The maximum absolute atomic E-state index is 12.1. The Bertz CT molecular complexity index is 671. The van der Waals surface area contributed by atoms with Crippen molar-refractivity contribution in [3.8, 4) is 0 Å². The molecule has 2 aromatic rings. The largest absolute Gasteiger partial charge is 0.335 e. The van der Waals surface area contributed by atoms with Gasteiger partial charge in [-0.05, 0) is 25.0 Å². The summed E-state index contributed by atoms with van der Waals surface area (Å²) in [4.78, 5) is 8.46. The molecule has 0 unspecified atom stereocenters. The molecule has 0 aromatic carbocycles. The van der Waals surface area contributed by atoms with E-state index < -0.39 is 10.0 Å². The summed E-state index contributed by atoms with van der Waals surface area (Å²) in [6, 6.07) is 3.12. The van der Waals surface area contributed by atoms with Gasteiger partial charge >= 0.3 is 0 Å². The van der Waals surface area contributed by atoms with Gasteiger partial charge in [0.15, 0.2) is 0 Å². The van der Waals surface area contributed by atoms with Crippen LogP contribution in [0.5, 0.6) is 0 Å². The molecule has 0 bridgehead atoms. The van der Waals surface area contributed by atoms with Gasteiger partial charge in [-0.3, -0.25) is 4.98 Å². The Labute approximate surface area is 117 Å². The molecule has 0 fully saturated rings. The molecule has 6 nitrogen and oxygen atoms in total. The predicted molar refractivity (Wildman–Crippen MR) is 73.4 cm³/mol. The maximum atomic E-state index is 12.1. The second-order valence-corrected chi connectivity index (χ2v) is 6.58. The van der Waals surface area contributed by atoms with Gasteiger partial charge in [-0.2, -0.15) is 0 Å². The van der Waals surface area contributed by atoms with Crippen LogP contribution in [0.3, 0.4) is 0 Å². The Morgan fingerprint density at radius 1 is 1.35 bits per heavy atom. The van der Waals surface area contributed by atoms with Crippen LogP contribution in [0, 0.1) is 0 Å². The Morgan fingerprint density at radius 2 is 2.25 bits per heavy atom. The lowest BCUT2D eigenvalue weighted by atomic mass is 10.2. The lowest BCUT2D eigenvalue weighted by Crippen LogP contribution is -2.23. The van der Waals surface area contributed by atoms with Gasteiger partial charge in [-0.25, -0.2) is 18.1 Å². The molecule has 0 spiro atoms. The summed E-state index contributed by atoms with van der Waals surface area (Å²) in [5.74, 6) is 1.05. The minimum absolute atomic E-state index is 0.170. The standard InChI is InChI=1S/C13H16N4O2S/c18-20(19,12-4-3-6-14-9-12)15-8-11-10-17-7-2-1-5-13(17)16-11/h3-4,6,9-10,15H,1-2,5,7-8H2. The number of aryl methyl sites for hydroxylation is 2. The molecule has 1 N–H and O–H groups in total. The van der Waals surface area contributed by atoms with Crippen molar-refractivity contribution in [1.29, 1.82) is 0 Å². The van der Waals surface area contributed by atoms with Crippen LogP contribution in [0.25, 0.3) is 0 Å². The second-order valence-electron chi connectivity index (χ2n) is 4.81. The van der Waals surface area contributed by atoms with Crippen LogP contribution in [0.2, 0.25) is 0 Å². The van der Waals surface area contributed by atoms with Crippen molar-refractivity contribution in [2.45, 2.75) is 37.2 Å². The maximum Gasteiger partial charge on any atom is 0.242 e. The zero-order valence-corrected chi connectivity index (χ0v) is 11.8. The van der Waals surface area contributed by atoms with Crippen LogP contribution in [0.4, 0.5) is 0 Å². The summed E-state index contributed by atoms with van der Waals surface area (Å²) in [5.41, 5.74) is 0.759. The molecule has 106 valence electrons. The molecule has 1 aliphatic heterocycles. The van der Waals surface area contributed by atoms with Gasteiger partial charge < -0.3 is 4.57 Å². The fourth-order valence-corrected chi connectivity index (χ4v) is 3.28. The van der Waals surface area contributed by atoms with Crippen molar-refractivity contribution in [2.75, 3.05) is 0 Å². The molecule has 0 aliphatic carbocycles. The summed E-state index contributed by atoms with van der Waals surface area (Å²) in [5, 5.41) is 0. The summed E-state index contributed by atoms with van der Waals surface area (Å²) >= 11 is 0. The van der Waals surface area contributed by atoms with Gasteiger partial charge in [0.2, 0.25) is 10.0 Å². The molecule has 0 radical (unpaired) electrons. The molecule has 0 saturated carbocycles. The third-order valence-corrected chi connectivity index (χ3v) is 4.73. The third-order valence-electron chi connectivity index (χ3n) is 3.35. The molecular weight excluding hydrogens is 276 g/mol. The number of sulfonamides is 1. The van der Waals surface area contributed by atoms with Crippen molar-refractivity contribution in [1.82, 2.24) is 19.3 Å². The fraction of sp³-hybridized carbons (Fsp3) is 0.385. The van der Waals surface area contributed by atoms with E-state index >= 15 is 0 Å². The van der Waals surface area contributed by atoms with Crippen LogP contribution >= 0.6 is 0 Å². The van der Waals surface area contributed by atoms with E-state index in [9.17, 15) is 8.42 Å². The molecule has 7 heteroatoms. The van der Waals surface area contributed by atoms with E-state index in [0.717, 1.165) is 37.3 Å². The number of aromatic nitrogens is 3. The van der Waals surface area contributed by atoms with E-state index in [1.807, 2.05) is 6.20 Å². The van der Waals surface area contributed by atoms with E-state index in [1.165, 1.54) is 12.3 Å². The SMILES string of the molecule is O=S(=O)(NCc1cn2c(n1)CCCC2)c1cccnc1. The lowest BCUT2D eigenvalue weighted by Gasteiger charge is -2.11. The van der Waals surface area contributed by atoms with Gasteiger partial charge in [0, 0.05) is 31.6 Å². The first-order valence-electron chi connectivity index (χ1n) is 6.60. The highest BCUT2D eigenvalue weighted by Gasteiger charge is 2.16. The second kappa shape index (κ2) is 5.34. The lowest BCUT2D eigenvalue weighted by molar-refractivity contribution is 0.522.